The van der Waals surface area contributed by atoms with E-state index in [9.17, 15) is 9.59 Å². The average Bonchev–Trinajstić information content (AvgIpc) is 2.95. The number of aryl methyl sites for hydroxylation is 1. The van der Waals surface area contributed by atoms with Crippen LogP contribution in [0.5, 0.6) is 5.75 Å². The largest absolute Gasteiger partial charge is 0.496 e. The van der Waals surface area contributed by atoms with Gasteiger partial charge in [0, 0.05) is 21.6 Å². The molecule has 4 rings (SSSR count). The number of halogens is 1. The van der Waals surface area contributed by atoms with Gasteiger partial charge in [0.2, 0.25) is 11.8 Å². The number of para-hydroxylation sites is 1. The normalized spacial score (nSPS) is 16.8. The van der Waals surface area contributed by atoms with Crippen molar-refractivity contribution in [3.05, 3.63) is 70.2 Å². The van der Waals surface area contributed by atoms with Crippen LogP contribution in [0.4, 0.5) is 5.69 Å². The lowest BCUT2D eigenvalue weighted by Gasteiger charge is -2.28. The fourth-order valence-corrected chi connectivity index (χ4v) is 4.75. The number of carbonyl (C=O) groups excluding carboxylic acids is 2. The molecular formula is C27H29BrN2O3. The number of nitrogens with one attached hydrogen (secondary N) is 1. The van der Waals surface area contributed by atoms with Gasteiger partial charge in [-0.15, -0.1) is 0 Å². The Bertz CT molecular complexity index is 1190. The Morgan fingerprint density at radius 2 is 2.00 bits per heavy atom. The van der Waals surface area contributed by atoms with Crippen LogP contribution in [-0.4, -0.2) is 25.0 Å². The minimum Gasteiger partial charge on any atom is -0.496 e. The highest BCUT2D eigenvalue weighted by Gasteiger charge is 2.32. The molecule has 0 saturated heterocycles. The number of rotatable bonds is 6. The highest BCUT2D eigenvalue weighted by Crippen LogP contribution is 2.35. The summed E-state index contributed by atoms with van der Waals surface area (Å²) in [5.74, 6) is 0.440. The Hall–Kier alpha value is -2.86. The summed E-state index contributed by atoms with van der Waals surface area (Å²) in [4.78, 5) is 28.3. The van der Waals surface area contributed by atoms with Crippen molar-refractivity contribution in [2.24, 2.45) is 5.92 Å². The molecule has 0 aromatic heterocycles. The zero-order valence-electron chi connectivity index (χ0n) is 19.2. The maximum absolute atomic E-state index is 13.8. The molecule has 1 heterocycles. The molecule has 6 heteroatoms. The topological polar surface area (TPSA) is 58.6 Å². The van der Waals surface area contributed by atoms with E-state index in [1.807, 2.05) is 61.2 Å². The molecule has 0 aliphatic carbocycles. The van der Waals surface area contributed by atoms with Crippen LogP contribution in [0.25, 0.3) is 10.8 Å². The lowest BCUT2D eigenvalue weighted by molar-refractivity contribution is -0.129. The minimum atomic E-state index is -0.561. The lowest BCUT2D eigenvalue weighted by atomic mass is 10.0. The molecule has 1 aliphatic rings. The van der Waals surface area contributed by atoms with E-state index in [0.29, 0.717) is 13.0 Å². The summed E-state index contributed by atoms with van der Waals surface area (Å²) in [5.41, 5.74) is 2.94. The molecule has 3 aromatic carbocycles. The van der Waals surface area contributed by atoms with Gasteiger partial charge < -0.3 is 15.0 Å². The van der Waals surface area contributed by atoms with Gasteiger partial charge in [-0.2, -0.15) is 0 Å². The first kappa shape index (κ1) is 23.3. The van der Waals surface area contributed by atoms with E-state index in [1.165, 1.54) is 0 Å². The number of nitrogens with zero attached hydrogens (tertiary/aromatic N) is 1. The monoisotopic (exact) mass is 508 g/mol. The highest BCUT2D eigenvalue weighted by atomic mass is 79.9. The molecule has 2 amide bonds. The van der Waals surface area contributed by atoms with Crippen LogP contribution < -0.4 is 15.0 Å². The molecule has 172 valence electrons. The fraction of sp³-hybridized carbons (Fsp3) is 0.333. The van der Waals surface area contributed by atoms with E-state index in [4.69, 9.17) is 4.74 Å². The van der Waals surface area contributed by atoms with Crippen molar-refractivity contribution in [2.75, 3.05) is 12.0 Å². The van der Waals surface area contributed by atoms with E-state index in [2.05, 4.69) is 33.4 Å². The zero-order chi connectivity index (χ0) is 23.5. The quantitative estimate of drug-likeness (QED) is 0.469. The summed E-state index contributed by atoms with van der Waals surface area (Å²) in [5, 5.41) is 5.12. The van der Waals surface area contributed by atoms with Crippen molar-refractivity contribution < 1.29 is 14.3 Å². The molecule has 0 spiro atoms. The standard InChI is InChI=1S/C27H29BrN2O3/c1-4-17(2)26(31)29-23-13-9-18-7-5-6-8-24(18)30(27(23)32)16-22-21-12-11-20(28)15-19(21)10-14-25(22)33-3/h5-8,10-12,14-15,17,23H,4,9,13,16H2,1-3H3,(H,29,31)/t17-,23+/m1/s1. The summed E-state index contributed by atoms with van der Waals surface area (Å²) in [6, 6.07) is 17.5. The minimum absolute atomic E-state index is 0.0747. The molecule has 0 fully saturated rings. The molecular weight excluding hydrogens is 480 g/mol. The fourth-order valence-electron chi connectivity index (χ4n) is 4.37. The Labute approximate surface area is 203 Å². The van der Waals surface area contributed by atoms with Crippen molar-refractivity contribution in [3.63, 3.8) is 0 Å². The summed E-state index contributed by atoms with van der Waals surface area (Å²) in [6.45, 7) is 4.22. The van der Waals surface area contributed by atoms with Crippen molar-refractivity contribution in [2.45, 2.75) is 45.7 Å². The number of carbonyl (C=O) groups is 2. The predicted octanol–water partition coefficient (Wildman–Crippen LogP) is 5.62. The summed E-state index contributed by atoms with van der Waals surface area (Å²) in [6.07, 6.45) is 2.04. The summed E-state index contributed by atoms with van der Waals surface area (Å²) in [7, 11) is 1.65. The van der Waals surface area contributed by atoms with E-state index in [0.717, 1.165) is 50.7 Å². The molecule has 33 heavy (non-hydrogen) atoms. The second-order valence-electron chi connectivity index (χ2n) is 8.57. The number of anilines is 1. The van der Waals surface area contributed by atoms with Crippen molar-refractivity contribution in [1.29, 1.82) is 0 Å². The van der Waals surface area contributed by atoms with Crippen LogP contribution in [0, 0.1) is 5.92 Å². The molecule has 1 aliphatic heterocycles. The third-order valence-corrected chi connectivity index (χ3v) is 7.01. The van der Waals surface area contributed by atoms with Gasteiger partial charge in [-0.05, 0) is 59.9 Å². The smallest absolute Gasteiger partial charge is 0.249 e. The van der Waals surface area contributed by atoms with Gasteiger partial charge in [0.1, 0.15) is 11.8 Å². The Balaban J connectivity index is 1.77. The molecule has 1 N–H and O–H groups in total. The second-order valence-corrected chi connectivity index (χ2v) is 9.49. The molecule has 2 atom stereocenters. The molecule has 0 radical (unpaired) electrons. The van der Waals surface area contributed by atoms with E-state index >= 15 is 0 Å². The van der Waals surface area contributed by atoms with Crippen LogP contribution >= 0.6 is 15.9 Å². The number of benzene rings is 3. The number of hydrogen-bond donors (Lipinski definition) is 1. The van der Waals surface area contributed by atoms with Crippen LogP contribution in [0.3, 0.4) is 0 Å². The molecule has 0 saturated carbocycles. The van der Waals surface area contributed by atoms with E-state index in [-0.39, 0.29) is 17.7 Å². The maximum atomic E-state index is 13.8. The third-order valence-electron chi connectivity index (χ3n) is 6.51. The first-order valence-corrected chi connectivity index (χ1v) is 12.2. The number of methoxy groups -OCH3 is 1. The van der Waals surface area contributed by atoms with Gasteiger partial charge in [-0.25, -0.2) is 0 Å². The van der Waals surface area contributed by atoms with Gasteiger partial charge in [0.15, 0.2) is 0 Å². The first-order chi connectivity index (χ1) is 15.9. The molecule has 3 aromatic rings. The number of hydrogen-bond acceptors (Lipinski definition) is 3. The Morgan fingerprint density at radius 1 is 1.21 bits per heavy atom. The zero-order valence-corrected chi connectivity index (χ0v) is 20.8. The van der Waals surface area contributed by atoms with Crippen LogP contribution in [-0.2, 0) is 22.6 Å². The SMILES string of the molecule is CC[C@@H](C)C(=O)N[C@H]1CCc2ccccc2N(Cc2c(OC)ccc3cc(Br)ccc23)C1=O. The van der Waals surface area contributed by atoms with Crippen molar-refractivity contribution >= 4 is 44.2 Å². The van der Waals surface area contributed by atoms with Gasteiger partial charge in [0.05, 0.1) is 13.7 Å². The van der Waals surface area contributed by atoms with E-state index in [1.54, 1.807) is 7.11 Å². The first-order valence-electron chi connectivity index (χ1n) is 11.4. The molecule has 0 unspecified atom stereocenters. The third kappa shape index (κ3) is 4.76. The maximum Gasteiger partial charge on any atom is 0.249 e. The van der Waals surface area contributed by atoms with Gasteiger partial charge in [-0.3, -0.25) is 9.59 Å². The van der Waals surface area contributed by atoms with Crippen molar-refractivity contribution in [1.82, 2.24) is 5.32 Å². The lowest BCUT2D eigenvalue weighted by Crippen LogP contribution is -2.49. The van der Waals surface area contributed by atoms with Gasteiger partial charge >= 0.3 is 0 Å². The Morgan fingerprint density at radius 3 is 2.76 bits per heavy atom. The number of amides is 2. The second kappa shape index (κ2) is 9.96. The van der Waals surface area contributed by atoms with Crippen LogP contribution in [0.1, 0.15) is 37.8 Å². The number of ether oxygens (including phenoxy) is 1. The molecule has 0 bridgehead atoms. The van der Waals surface area contributed by atoms with Crippen LogP contribution in [0.2, 0.25) is 0 Å². The summed E-state index contributed by atoms with van der Waals surface area (Å²) >= 11 is 3.54. The Kier molecular flexibility index (Phi) is 7.03. The number of fused-ring (bicyclic) bond motifs is 2. The predicted molar refractivity (Wildman–Crippen MR) is 136 cm³/mol. The van der Waals surface area contributed by atoms with E-state index < -0.39 is 6.04 Å². The highest BCUT2D eigenvalue weighted by molar-refractivity contribution is 9.10. The average molecular weight is 509 g/mol. The van der Waals surface area contributed by atoms with Crippen molar-refractivity contribution in [3.8, 4) is 5.75 Å². The van der Waals surface area contributed by atoms with Gasteiger partial charge in [-0.1, -0.05) is 60.1 Å². The molecule has 5 nitrogen and oxygen atoms in total. The summed E-state index contributed by atoms with van der Waals surface area (Å²) < 4.78 is 6.69. The van der Waals surface area contributed by atoms with Crippen LogP contribution in [0.15, 0.2) is 59.1 Å². The van der Waals surface area contributed by atoms with Gasteiger partial charge in [0.25, 0.3) is 0 Å².